The average Bonchev–Trinajstić information content (AvgIpc) is 3.06. The maximum absolute atomic E-state index is 12.7. The van der Waals surface area contributed by atoms with E-state index in [1.807, 2.05) is 29.2 Å². The maximum Gasteiger partial charge on any atom is 0.254 e. The summed E-state index contributed by atoms with van der Waals surface area (Å²) in [7, 11) is 0. The molecule has 0 spiro atoms. The second-order valence-corrected chi connectivity index (χ2v) is 7.88. The monoisotopic (exact) mass is 390 g/mol. The topological polar surface area (TPSA) is 58.4 Å². The fourth-order valence-electron chi connectivity index (χ4n) is 3.46. The molecule has 0 N–H and O–H groups in total. The van der Waals surface area contributed by atoms with Crippen molar-refractivity contribution >= 4 is 35.0 Å². The SMILES string of the molecule is O=C(CC1CSc2nccc(=O)n21)N1CCN(c2cccc(Cl)c2)CC1. The number of rotatable bonds is 3. The average molecular weight is 391 g/mol. The molecule has 0 radical (unpaired) electrons. The Labute approximate surface area is 160 Å². The minimum atomic E-state index is -0.102. The van der Waals surface area contributed by atoms with E-state index in [1.54, 1.807) is 4.57 Å². The largest absolute Gasteiger partial charge is 0.368 e. The molecule has 0 saturated carbocycles. The molecular weight excluding hydrogens is 372 g/mol. The third-order valence-electron chi connectivity index (χ3n) is 4.83. The molecule has 2 aliphatic heterocycles. The fourth-order valence-corrected chi connectivity index (χ4v) is 4.76. The van der Waals surface area contributed by atoms with Crippen LogP contribution < -0.4 is 10.5 Å². The van der Waals surface area contributed by atoms with Crippen molar-refractivity contribution in [1.29, 1.82) is 0 Å². The molecule has 0 bridgehead atoms. The van der Waals surface area contributed by atoms with Gasteiger partial charge in [-0.15, -0.1) is 0 Å². The number of piperazine rings is 1. The number of amides is 1. The van der Waals surface area contributed by atoms with Crippen molar-refractivity contribution in [3.8, 4) is 0 Å². The Kier molecular flexibility index (Phi) is 4.91. The van der Waals surface area contributed by atoms with Crippen molar-refractivity contribution in [3.63, 3.8) is 0 Å². The molecule has 1 saturated heterocycles. The summed E-state index contributed by atoms with van der Waals surface area (Å²) in [6, 6.07) is 9.14. The molecule has 2 aromatic rings. The van der Waals surface area contributed by atoms with Crippen LogP contribution in [0.1, 0.15) is 12.5 Å². The highest BCUT2D eigenvalue weighted by molar-refractivity contribution is 7.99. The van der Waals surface area contributed by atoms with Crippen molar-refractivity contribution in [1.82, 2.24) is 14.5 Å². The number of aromatic nitrogens is 2. The number of benzene rings is 1. The van der Waals surface area contributed by atoms with Gasteiger partial charge in [0.05, 0.1) is 6.04 Å². The van der Waals surface area contributed by atoms with E-state index in [1.165, 1.54) is 24.0 Å². The minimum Gasteiger partial charge on any atom is -0.368 e. The Hall–Kier alpha value is -1.99. The number of nitrogens with zero attached hydrogens (tertiary/aromatic N) is 4. The van der Waals surface area contributed by atoms with Gasteiger partial charge in [0.25, 0.3) is 5.56 Å². The van der Waals surface area contributed by atoms with Crippen LogP contribution in [0.15, 0.2) is 46.5 Å². The Morgan fingerprint density at radius 3 is 2.81 bits per heavy atom. The number of carbonyl (C=O) groups excluding carboxylic acids is 1. The number of halogens is 1. The Bertz CT molecular complexity index is 879. The second kappa shape index (κ2) is 7.32. The number of hydrogen-bond acceptors (Lipinski definition) is 5. The Morgan fingerprint density at radius 2 is 2.04 bits per heavy atom. The lowest BCUT2D eigenvalue weighted by molar-refractivity contribution is -0.132. The van der Waals surface area contributed by atoms with Gasteiger partial charge in [-0.25, -0.2) is 4.98 Å². The summed E-state index contributed by atoms with van der Waals surface area (Å²) in [5.41, 5.74) is 1.01. The first kappa shape index (κ1) is 17.4. The maximum atomic E-state index is 12.7. The molecule has 26 heavy (non-hydrogen) atoms. The predicted octanol–water partition coefficient (Wildman–Crippen LogP) is 2.28. The first-order valence-corrected chi connectivity index (χ1v) is 9.97. The number of hydrogen-bond donors (Lipinski definition) is 0. The van der Waals surface area contributed by atoms with Crippen molar-refractivity contribution in [2.24, 2.45) is 0 Å². The lowest BCUT2D eigenvalue weighted by Gasteiger charge is -2.36. The standard InChI is InChI=1S/C18H19ClN4O2S/c19-13-2-1-3-14(10-13)21-6-8-22(9-7-21)17(25)11-15-12-26-18-20-5-4-16(24)23(15)18/h1-5,10,15H,6-9,11-12H2. The number of anilines is 1. The zero-order valence-corrected chi connectivity index (χ0v) is 15.7. The van der Waals surface area contributed by atoms with E-state index in [0.29, 0.717) is 24.7 Å². The second-order valence-electron chi connectivity index (χ2n) is 6.45. The van der Waals surface area contributed by atoms with E-state index in [0.717, 1.165) is 29.6 Å². The summed E-state index contributed by atoms with van der Waals surface area (Å²) in [5, 5.41) is 1.43. The number of fused-ring (bicyclic) bond motifs is 1. The van der Waals surface area contributed by atoms with E-state index in [-0.39, 0.29) is 17.5 Å². The van der Waals surface area contributed by atoms with Crippen molar-refractivity contribution in [2.75, 3.05) is 36.8 Å². The van der Waals surface area contributed by atoms with E-state index in [4.69, 9.17) is 11.6 Å². The molecule has 1 aromatic carbocycles. The fraction of sp³-hybridized carbons (Fsp3) is 0.389. The van der Waals surface area contributed by atoms with E-state index in [2.05, 4.69) is 9.88 Å². The molecule has 1 amide bonds. The smallest absolute Gasteiger partial charge is 0.254 e. The van der Waals surface area contributed by atoms with Gasteiger partial charge in [-0.3, -0.25) is 14.2 Å². The third-order valence-corrected chi connectivity index (χ3v) is 6.18. The zero-order chi connectivity index (χ0) is 18.1. The first-order valence-electron chi connectivity index (χ1n) is 8.60. The van der Waals surface area contributed by atoms with Crippen LogP contribution in [-0.2, 0) is 4.79 Å². The van der Waals surface area contributed by atoms with Crippen LogP contribution in [0.3, 0.4) is 0 Å². The molecule has 1 unspecified atom stereocenters. The Morgan fingerprint density at radius 1 is 1.23 bits per heavy atom. The van der Waals surface area contributed by atoms with Crippen LogP contribution >= 0.6 is 23.4 Å². The van der Waals surface area contributed by atoms with E-state index >= 15 is 0 Å². The lowest BCUT2D eigenvalue weighted by atomic mass is 10.2. The molecule has 3 heterocycles. The van der Waals surface area contributed by atoms with Crippen molar-refractivity contribution < 1.29 is 4.79 Å². The van der Waals surface area contributed by atoms with Crippen LogP contribution in [0.2, 0.25) is 5.02 Å². The number of thioether (sulfide) groups is 1. The molecule has 4 rings (SSSR count). The van der Waals surface area contributed by atoms with Crippen molar-refractivity contribution in [2.45, 2.75) is 17.6 Å². The molecule has 1 aromatic heterocycles. The molecule has 1 atom stereocenters. The predicted molar refractivity (Wildman–Crippen MR) is 103 cm³/mol. The highest BCUT2D eigenvalue weighted by Gasteiger charge is 2.29. The van der Waals surface area contributed by atoms with Gasteiger partial charge < -0.3 is 9.80 Å². The summed E-state index contributed by atoms with van der Waals surface area (Å²) in [6.45, 7) is 2.92. The molecule has 2 aliphatic rings. The first-order chi connectivity index (χ1) is 12.6. The minimum absolute atomic E-state index is 0.0800. The summed E-state index contributed by atoms with van der Waals surface area (Å²) < 4.78 is 1.66. The van der Waals surface area contributed by atoms with Gasteiger partial charge in [0.2, 0.25) is 5.91 Å². The lowest BCUT2D eigenvalue weighted by Crippen LogP contribution is -2.49. The van der Waals surface area contributed by atoms with Crippen LogP contribution in [-0.4, -0.2) is 52.3 Å². The van der Waals surface area contributed by atoms with Crippen LogP contribution in [0.4, 0.5) is 5.69 Å². The van der Waals surface area contributed by atoms with E-state index < -0.39 is 0 Å². The number of carbonyl (C=O) groups is 1. The summed E-state index contributed by atoms with van der Waals surface area (Å²) in [5.74, 6) is 0.824. The molecule has 6 nitrogen and oxygen atoms in total. The summed E-state index contributed by atoms with van der Waals surface area (Å²) in [6.07, 6.45) is 1.88. The highest BCUT2D eigenvalue weighted by atomic mass is 35.5. The van der Waals surface area contributed by atoms with Crippen LogP contribution in [0, 0.1) is 0 Å². The summed E-state index contributed by atoms with van der Waals surface area (Å²) >= 11 is 7.60. The van der Waals surface area contributed by atoms with Gasteiger partial charge >= 0.3 is 0 Å². The van der Waals surface area contributed by atoms with E-state index in [9.17, 15) is 9.59 Å². The van der Waals surface area contributed by atoms with Crippen LogP contribution in [0.5, 0.6) is 0 Å². The highest BCUT2D eigenvalue weighted by Crippen LogP contribution is 2.32. The zero-order valence-electron chi connectivity index (χ0n) is 14.2. The summed E-state index contributed by atoms with van der Waals surface area (Å²) in [4.78, 5) is 33.1. The van der Waals surface area contributed by atoms with Gasteiger partial charge in [-0.2, -0.15) is 0 Å². The molecule has 8 heteroatoms. The molecule has 1 fully saturated rings. The van der Waals surface area contributed by atoms with Gasteiger partial charge in [-0.05, 0) is 18.2 Å². The molecule has 136 valence electrons. The third kappa shape index (κ3) is 3.46. The van der Waals surface area contributed by atoms with Gasteiger partial charge in [0, 0.05) is 61.3 Å². The molecule has 0 aliphatic carbocycles. The van der Waals surface area contributed by atoms with Crippen LogP contribution in [0.25, 0.3) is 0 Å². The van der Waals surface area contributed by atoms with Gasteiger partial charge in [0.15, 0.2) is 5.16 Å². The molecular formula is C18H19ClN4O2S. The van der Waals surface area contributed by atoms with Gasteiger partial charge in [-0.1, -0.05) is 29.4 Å². The van der Waals surface area contributed by atoms with Gasteiger partial charge in [0.1, 0.15) is 0 Å². The normalized spacial score (nSPS) is 19.5. The van der Waals surface area contributed by atoms with Crippen molar-refractivity contribution in [3.05, 3.63) is 51.9 Å². The Balaban J connectivity index is 1.37. The quantitative estimate of drug-likeness (QED) is 0.752.